The van der Waals surface area contributed by atoms with E-state index in [-0.39, 0.29) is 6.04 Å². The van der Waals surface area contributed by atoms with Crippen molar-refractivity contribution in [3.63, 3.8) is 0 Å². The Hall–Kier alpha value is -1.27. The van der Waals surface area contributed by atoms with E-state index in [1.54, 1.807) is 11.3 Å². The molecule has 92 valence electrons. The molecule has 17 heavy (non-hydrogen) atoms. The molecular formula is C11H17N5S. The Bertz CT molecular complexity index is 476. The van der Waals surface area contributed by atoms with Crippen LogP contribution in [0.5, 0.6) is 0 Å². The number of hydrogen-bond donors (Lipinski definition) is 1. The van der Waals surface area contributed by atoms with E-state index in [0.717, 1.165) is 23.7 Å². The summed E-state index contributed by atoms with van der Waals surface area (Å²) < 4.78 is 1.81. The number of rotatable bonds is 5. The highest BCUT2D eigenvalue weighted by Crippen LogP contribution is 2.25. The van der Waals surface area contributed by atoms with Crippen molar-refractivity contribution in [2.45, 2.75) is 26.3 Å². The highest BCUT2D eigenvalue weighted by atomic mass is 32.1. The van der Waals surface area contributed by atoms with Crippen LogP contribution in [0.15, 0.2) is 12.4 Å². The second-order valence-corrected chi connectivity index (χ2v) is 5.22. The van der Waals surface area contributed by atoms with Gasteiger partial charge in [0.1, 0.15) is 0 Å². The summed E-state index contributed by atoms with van der Waals surface area (Å²) in [5.74, 6) is 0. The van der Waals surface area contributed by atoms with Gasteiger partial charge in [0.15, 0.2) is 0 Å². The summed E-state index contributed by atoms with van der Waals surface area (Å²) in [5, 5.41) is 12.5. The number of nitrogens with one attached hydrogen (secondary N) is 1. The van der Waals surface area contributed by atoms with Crippen LogP contribution in [0.4, 0.5) is 0 Å². The first-order chi connectivity index (χ1) is 8.22. The van der Waals surface area contributed by atoms with E-state index in [9.17, 15) is 0 Å². The Morgan fingerprint density at radius 1 is 1.47 bits per heavy atom. The number of aryl methyl sites for hydroxylation is 2. The van der Waals surface area contributed by atoms with Crippen molar-refractivity contribution >= 4 is 11.3 Å². The maximum Gasteiger partial charge on any atom is 0.0897 e. The molecule has 1 N–H and O–H groups in total. The fraction of sp³-hybridized carbons (Fsp3) is 0.545. The maximum absolute atomic E-state index is 4.31. The Labute approximate surface area is 105 Å². The van der Waals surface area contributed by atoms with E-state index in [2.05, 4.69) is 27.5 Å². The molecule has 0 amide bonds. The molecule has 0 aliphatic rings. The van der Waals surface area contributed by atoms with Gasteiger partial charge in [-0.15, -0.1) is 16.4 Å². The van der Waals surface area contributed by atoms with E-state index in [4.69, 9.17) is 0 Å². The zero-order valence-corrected chi connectivity index (χ0v) is 11.2. The van der Waals surface area contributed by atoms with Gasteiger partial charge in [-0.2, -0.15) is 0 Å². The molecule has 0 saturated heterocycles. The molecule has 0 saturated carbocycles. The van der Waals surface area contributed by atoms with Gasteiger partial charge in [0.05, 0.1) is 22.9 Å². The Morgan fingerprint density at radius 2 is 2.29 bits per heavy atom. The van der Waals surface area contributed by atoms with Crippen LogP contribution >= 0.6 is 11.3 Å². The zero-order chi connectivity index (χ0) is 12.3. The smallest absolute Gasteiger partial charge is 0.0897 e. The molecule has 0 aromatic carbocycles. The highest BCUT2D eigenvalue weighted by Gasteiger charge is 2.19. The molecule has 0 aliphatic heterocycles. The summed E-state index contributed by atoms with van der Waals surface area (Å²) in [4.78, 5) is 5.52. The van der Waals surface area contributed by atoms with Crippen molar-refractivity contribution in [1.29, 1.82) is 0 Å². The molecule has 2 heterocycles. The molecule has 2 aromatic rings. The van der Waals surface area contributed by atoms with E-state index >= 15 is 0 Å². The fourth-order valence-electron chi connectivity index (χ4n) is 1.71. The lowest BCUT2D eigenvalue weighted by molar-refractivity contribution is 0.556. The first kappa shape index (κ1) is 12.2. The van der Waals surface area contributed by atoms with Crippen LogP contribution in [-0.4, -0.2) is 26.5 Å². The van der Waals surface area contributed by atoms with Crippen LogP contribution in [0.3, 0.4) is 0 Å². The van der Waals surface area contributed by atoms with E-state index in [1.807, 2.05) is 31.0 Å². The molecule has 0 bridgehead atoms. The van der Waals surface area contributed by atoms with Crippen molar-refractivity contribution in [3.05, 3.63) is 28.0 Å². The van der Waals surface area contributed by atoms with Crippen LogP contribution in [0.1, 0.15) is 35.0 Å². The summed E-state index contributed by atoms with van der Waals surface area (Å²) in [6.07, 6.45) is 4.84. The summed E-state index contributed by atoms with van der Waals surface area (Å²) in [6, 6.07) is 0.140. The quantitative estimate of drug-likeness (QED) is 0.878. The molecule has 0 fully saturated rings. The Kier molecular flexibility index (Phi) is 3.86. The number of nitrogens with zero attached hydrogens (tertiary/aromatic N) is 4. The van der Waals surface area contributed by atoms with Crippen LogP contribution in [-0.2, 0) is 7.05 Å². The van der Waals surface area contributed by atoms with Crippen molar-refractivity contribution in [3.8, 4) is 0 Å². The molecule has 1 unspecified atom stereocenters. The predicted octanol–water partition coefficient (Wildman–Crippen LogP) is 1.67. The van der Waals surface area contributed by atoms with E-state index in [1.165, 1.54) is 4.88 Å². The average Bonchev–Trinajstić information content (AvgIpc) is 2.90. The Morgan fingerprint density at radius 3 is 2.82 bits per heavy atom. The molecule has 6 heteroatoms. The fourth-order valence-corrected chi connectivity index (χ4v) is 2.58. The van der Waals surface area contributed by atoms with Crippen LogP contribution < -0.4 is 5.32 Å². The van der Waals surface area contributed by atoms with Gasteiger partial charge >= 0.3 is 0 Å². The van der Waals surface area contributed by atoms with Crippen LogP contribution in [0.2, 0.25) is 0 Å². The van der Waals surface area contributed by atoms with Gasteiger partial charge in [0.2, 0.25) is 0 Å². The highest BCUT2D eigenvalue weighted by molar-refractivity contribution is 7.11. The summed E-state index contributed by atoms with van der Waals surface area (Å²) in [5.41, 5.74) is 1.07. The average molecular weight is 251 g/mol. The summed E-state index contributed by atoms with van der Waals surface area (Å²) >= 11 is 1.71. The maximum atomic E-state index is 4.31. The minimum Gasteiger partial charge on any atom is -0.304 e. The minimum absolute atomic E-state index is 0.140. The molecule has 0 aliphatic carbocycles. The summed E-state index contributed by atoms with van der Waals surface area (Å²) in [7, 11) is 1.91. The second kappa shape index (κ2) is 5.37. The lowest BCUT2D eigenvalue weighted by Gasteiger charge is -2.16. The zero-order valence-electron chi connectivity index (χ0n) is 10.3. The minimum atomic E-state index is 0.140. The van der Waals surface area contributed by atoms with Gasteiger partial charge in [-0.1, -0.05) is 12.1 Å². The second-order valence-electron chi connectivity index (χ2n) is 3.95. The first-order valence-electron chi connectivity index (χ1n) is 5.72. The summed E-state index contributed by atoms with van der Waals surface area (Å²) in [6.45, 7) is 5.14. The third kappa shape index (κ3) is 2.70. The van der Waals surface area contributed by atoms with Gasteiger partial charge < -0.3 is 5.32 Å². The molecule has 2 rings (SSSR count). The van der Waals surface area contributed by atoms with Gasteiger partial charge in [-0.25, -0.2) is 4.98 Å². The largest absolute Gasteiger partial charge is 0.304 e. The topological polar surface area (TPSA) is 55.6 Å². The van der Waals surface area contributed by atoms with Crippen molar-refractivity contribution in [2.24, 2.45) is 7.05 Å². The Balaban J connectivity index is 2.28. The third-order valence-electron chi connectivity index (χ3n) is 2.57. The molecule has 2 aromatic heterocycles. The number of thiazole rings is 1. The standard InChI is InChI=1S/C11H17N5S/c1-4-5-12-11(9-6-14-15-16(9)3)10-7-13-8(2)17-10/h6-7,11-12H,4-5H2,1-3H3. The molecule has 5 nitrogen and oxygen atoms in total. The molecule has 0 radical (unpaired) electrons. The third-order valence-corrected chi connectivity index (χ3v) is 3.55. The van der Waals surface area contributed by atoms with Gasteiger partial charge in [-0.3, -0.25) is 4.68 Å². The van der Waals surface area contributed by atoms with Gasteiger partial charge in [0, 0.05) is 18.1 Å². The first-order valence-corrected chi connectivity index (χ1v) is 6.54. The van der Waals surface area contributed by atoms with Crippen molar-refractivity contribution in [1.82, 2.24) is 25.3 Å². The number of hydrogen-bond acceptors (Lipinski definition) is 5. The van der Waals surface area contributed by atoms with E-state index < -0.39 is 0 Å². The molecular weight excluding hydrogens is 234 g/mol. The normalized spacial score (nSPS) is 12.9. The van der Waals surface area contributed by atoms with Crippen LogP contribution in [0.25, 0.3) is 0 Å². The van der Waals surface area contributed by atoms with Crippen LogP contribution in [0, 0.1) is 6.92 Å². The van der Waals surface area contributed by atoms with Crippen molar-refractivity contribution in [2.75, 3.05) is 6.54 Å². The van der Waals surface area contributed by atoms with Crippen molar-refractivity contribution < 1.29 is 0 Å². The molecule has 0 spiro atoms. The van der Waals surface area contributed by atoms with Gasteiger partial charge in [-0.05, 0) is 19.9 Å². The lowest BCUT2D eigenvalue weighted by atomic mass is 10.2. The number of aromatic nitrogens is 4. The lowest BCUT2D eigenvalue weighted by Crippen LogP contribution is -2.24. The predicted molar refractivity (Wildman–Crippen MR) is 68.0 cm³/mol. The van der Waals surface area contributed by atoms with E-state index in [0.29, 0.717) is 0 Å². The monoisotopic (exact) mass is 251 g/mol. The van der Waals surface area contributed by atoms with Gasteiger partial charge in [0.25, 0.3) is 0 Å². The molecule has 1 atom stereocenters. The SMILES string of the molecule is CCCNC(c1cnc(C)s1)c1cnnn1C.